The van der Waals surface area contributed by atoms with Gasteiger partial charge in [0.25, 0.3) is 0 Å². The molecule has 1 amide bonds. The molecule has 5 aromatic rings. The molecule has 0 bridgehead atoms. The predicted molar refractivity (Wildman–Crippen MR) is 153 cm³/mol. The number of carbonyl (C=O) groups is 1. The maximum absolute atomic E-state index is 12.4. The Bertz CT molecular complexity index is 1720. The molecule has 13 nitrogen and oxygen atoms in total. The molecule has 210 valence electrons. The monoisotopic (exact) mass is 554 g/mol. The molecule has 4 aromatic heterocycles. The van der Waals surface area contributed by atoms with Crippen LogP contribution in [0.5, 0.6) is 11.5 Å². The molecular formula is C28H30N10O3. The second-order valence-electron chi connectivity index (χ2n) is 10.7. The van der Waals surface area contributed by atoms with Crippen molar-refractivity contribution in [1.29, 1.82) is 0 Å². The van der Waals surface area contributed by atoms with Crippen LogP contribution in [0, 0.1) is 6.92 Å². The van der Waals surface area contributed by atoms with Crippen molar-refractivity contribution in [3.8, 4) is 11.5 Å². The van der Waals surface area contributed by atoms with Gasteiger partial charge >= 0.3 is 6.09 Å². The number of rotatable bonds is 5. The van der Waals surface area contributed by atoms with Crippen molar-refractivity contribution in [3.05, 3.63) is 60.9 Å². The first-order valence-electron chi connectivity index (χ1n) is 13.3. The predicted octanol–water partition coefficient (Wildman–Crippen LogP) is 4.36. The summed E-state index contributed by atoms with van der Waals surface area (Å²) in [5.41, 5.74) is 3.17. The van der Waals surface area contributed by atoms with E-state index in [4.69, 9.17) is 14.5 Å². The number of piperazine rings is 1. The van der Waals surface area contributed by atoms with Crippen LogP contribution in [-0.4, -0.2) is 77.3 Å². The van der Waals surface area contributed by atoms with Crippen LogP contribution in [0.25, 0.3) is 16.7 Å². The van der Waals surface area contributed by atoms with Crippen LogP contribution >= 0.6 is 0 Å². The van der Waals surface area contributed by atoms with Gasteiger partial charge in [0.2, 0.25) is 5.95 Å². The van der Waals surface area contributed by atoms with E-state index in [2.05, 4.69) is 30.4 Å². The number of hydrogen-bond donors (Lipinski definition) is 1. The summed E-state index contributed by atoms with van der Waals surface area (Å²) in [4.78, 5) is 38.5. The number of fused-ring (bicyclic) bond motifs is 2. The number of nitrogens with zero attached hydrogens (tertiary/aromatic N) is 9. The Balaban J connectivity index is 1.17. The lowest BCUT2D eigenvalue weighted by Gasteiger charge is -2.35. The molecule has 1 aliphatic heterocycles. The van der Waals surface area contributed by atoms with Crippen molar-refractivity contribution >= 4 is 40.2 Å². The molecule has 0 atom stereocenters. The minimum Gasteiger partial charge on any atom is -0.457 e. The summed E-state index contributed by atoms with van der Waals surface area (Å²) >= 11 is 0. The van der Waals surface area contributed by atoms with Crippen molar-refractivity contribution in [3.63, 3.8) is 0 Å². The van der Waals surface area contributed by atoms with E-state index < -0.39 is 5.60 Å². The number of amides is 1. The van der Waals surface area contributed by atoms with Crippen LogP contribution in [0.4, 0.5) is 22.2 Å². The summed E-state index contributed by atoms with van der Waals surface area (Å²) in [6.45, 7) is 9.79. The van der Waals surface area contributed by atoms with Crippen LogP contribution in [0.1, 0.15) is 26.3 Å². The van der Waals surface area contributed by atoms with E-state index in [1.807, 2.05) is 62.9 Å². The largest absolute Gasteiger partial charge is 0.457 e. The average Bonchev–Trinajstić information content (AvgIpc) is 3.42. The number of hydrogen-bond acceptors (Lipinski definition) is 11. The zero-order valence-corrected chi connectivity index (χ0v) is 23.3. The van der Waals surface area contributed by atoms with Crippen LogP contribution in [0.2, 0.25) is 0 Å². The molecule has 1 fully saturated rings. The van der Waals surface area contributed by atoms with E-state index in [0.717, 1.165) is 17.0 Å². The molecule has 1 aliphatic rings. The molecule has 1 aromatic carbocycles. The Morgan fingerprint density at radius 3 is 2.59 bits per heavy atom. The second-order valence-corrected chi connectivity index (χ2v) is 10.7. The molecular weight excluding hydrogens is 524 g/mol. The molecule has 1 N–H and O–H groups in total. The van der Waals surface area contributed by atoms with Crippen LogP contribution in [0.3, 0.4) is 0 Å². The fourth-order valence-corrected chi connectivity index (χ4v) is 4.47. The minimum atomic E-state index is -0.529. The van der Waals surface area contributed by atoms with Gasteiger partial charge in [-0.2, -0.15) is 5.10 Å². The number of benzene rings is 1. The molecule has 0 saturated carbocycles. The summed E-state index contributed by atoms with van der Waals surface area (Å²) in [5.74, 6) is 2.52. The van der Waals surface area contributed by atoms with Gasteiger partial charge in [-0.25, -0.2) is 34.2 Å². The Kier molecular flexibility index (Phi) is 6.69. The van der Waals surface area contributed by atoms with E-state index in [1.165, 1.54) is 12.7 Å². The van der Waals surface area contributed by atoms with Gasteiger partial charge in [0.1, 0.15) is 40.8 Å². The van der Waals surface area contributed by atoms with Gasteiger partial charge in [-0.05, 0) is 57.5 Å². The molecule has 0 radical (unpaired) electrons. The Labute approximate surface area is 236 Å². The minimum absolute atomic E-state index is 0.306. The number of carbonyl (C=O) groups excluding carboxylic acids is 1. The highest BCUT2D eigenvalue weighted by Gasteiger charge is 2.27. The third-order valence-corrected chi connectivity index (χ3v) is 6.50. The molecule has 41 heavy (non-hydrogen) atoms. The second kappa shape index (κ2) is 10.5. The summed E-state index contributed by atoms with van der Waals surface area (Å²) in [5, 5.41) is 7.48. The molecule has 1 saturated heterocycles. The van der Waals surface area contributed by atoms with Crippen LogP contribution in [0.15, 0.2) is 55.4 Å². The van der Waals surface area contributed by atoms with Crippen molar-refractivity contribution < 1.29 is 14.3 Å². The quantitative estimate of drug-likeness (QED) is 0.332. The maximum Gasteiger partial charge on any atom is 0.410 e. The topological polar surface area (TPSA) is 136 Å². The van der Waals surface area contributed by atoms with Crippen molar-refractivity contribution in [1.82, 2.24) is 39.4 Å². The molecule has 6 rings (SSSR count). The average molecular weight is 555 g/mol. The lowest BCUT2D eigenvalue weighted by atomic mass is 10.2. The lowest BCUT2D eigenvalue weighted by molar-refractivity contribution is 0.0240. The molecule has 5 heterocycles. The Hall–Kier alpha value is -5.07. The molecule has 0 unspecified atom stereocenters. The maximum atomic E-state index is 12.4. The number of nitrogens with one attached hydrogen (secondary N) is 1. The summed E-state index contributed by atoms with van der Waals surface area (Å²) in [7, 11) is 0. The highest BCUT2D eigenvalue weighted by Crippen LogP contribution is 2.30. The highest BCUT2D eigenvalue weighted by atomic mass is 16.6. The first kappa shape index (κ1) is 26.2. The van der Waals surface area contributed by atoms with Gasteiger partial charge in [0, 0.05) is 44.1 Å². The fraction of sp³-hybridized carbons (Fsp3) is 0.321. The first-order valence-corrected chi connectivity index (χ1v) is 13.3. The molecule has 13 heteroatoms. The van der Waals surface area contributed by atoms with Gasteiger partial charge in [0.15, 0.2) is 11.5 Å². The van der Waals surface area contributed by atoms with Crippen molar-refractivity contribution in [2.75, 3.05) is 36.4 Å². The number of aryl methyl sites for hydroxylation is 1. The smallest absolute Gasteiger partial charge is 0.410 e. The van der Waals surface area contributed by atoms with E-state index in [9.17, 15) is 4.79 Å². The number of ether oxygens (including phenoxy) is 2. The van der Waals surface area contributed by atoms with Crippen molar-refractivity contribution in [2.24, 2.45) is 0 Å². The van der Waals surface area contributed by atoms with Gasteiger partial charge in [-0.15, -0.1) is 0 Å². The SMILES string of the molecule is Cc1cc(Nc2ncnc3cnc(N4CCN(C(=O)OC(C)(C)C)CC4)nc23)ccc1Oc1ccn2ncnc2c1. The van der Waals surface area contributed by atoms with E-state index in [-0.39, 0.29) is 6.09 Å². The fourth-order valence-electron chi connectivity index (χ4n) is 4.47. The highest BCUT2D eigenvalue weighted by molar-refractivity contribution is 5.87. The van der Waals surface area contributed by atoms with E-state index in [0.29, 0.717) is 60.4 Å². The zero-order chi connectivity index (χ0) is 28.6. The lowest BCUT2D eigenvalue weighted by Crippen LogP contribution is -2.50. The normalized spacial score (nSPS) is 14.0. The number of anilines is 3. The summed E-state index contributed by atoms with van der Waals surface area (Å²) in [6.07, 6.45) is 6.18. The summed E-state index contributed by atoms with van der Waals surface area (Å²) in [6, 6.07) is 9.48. The van der Waals surface area contributed by atoms with Crippen molar-refractivity contribution in [2.45, 2.75) is 33.3 Å². The molecule has 0 aliphatic carbocycles. The van der Waals surface area contributed by atoms with E-state index >= 15 is 0 Å². The molecule has 0 spiro atoms. The third-order valence-electron chi connectivity index (χ3n) is 6.50. The summed E-state index contributed by atoms with van der Waals surface area (Å²) < 4.78 is 13.3. The van der Waals surface area contributed by atoms with E-state index in [1.54, 1.807) is 21.8 Å². The zero-order valence-electron chi connectivity index (χ0n) is 23.3. The van der Waals surface area contributed by atoms with Crippen LogP contribution in [-0.2, 0) is 4.74 Å². The number of pyridine rings is 1. The Morgan fingerprint density at radius 2 is 1.80 bits per heavy atom. The first-order chi connectivity index (χ1) is 19.7. The van der Waals surface area contributed by atoms with Gasteiger partial charge in [0.05, 0.1) is 6.20 Å². The van der Waals surface area contributed by atoms with Gasteiger partial charge in [-0.1, -0.05) is 0 Å². The van der Waals surface area contributed by atoms with Gasteiger partial charge < -0.3 is 24.6 Å². The van der Waals surface area contributed by atoms with Crippen LogP contribution < -0.4 is 15.0 Å². The number of aromatic nitrogens is 7. The Morgan fingerprint density at radius 1 is 0.976 bits per heavy atom. The third kappa shape index (κ3) is 5.78. The van der Waals surface area contributed by atoms with Gasteiger partial charge in [-0.3, -0.25) is 0 Å². The standard InChI is InChI=1S/C28H30N10O3/c1-18-13-19(5-6-22(18)40-20-7-8-38-23(14-20)31-17-33-38)34-25-24-21(30-16-32-25)15-29-26(35-24)36-9-11-37(12-10-36)27(39)41-28(2,3)4/h5-8,13-17H,9-12H2,1-4H3,(H,30,32,34).